The van der Waals surface area contributed by atoms with E-state index in [9.17, 15) is 13.6 Å². The van der Waals surface area contributed by atoms with Gasteiger partial charge < -0.3 is 19.1 Å². The first-order valence-corrected chi connectivity index (χ1v) is 12.0. The lowest BCUT2D eigenvalue weighted by Gasteiger charge is -2.30. The molecule has 9 heteroatoms. The Morgan fingerprint density at radius 2 is 2.00 bits per heavy atom. The van der Waals surface area contributed by atoms with Crippen molar-refractivity contribution in [2.75, 3.05) is 33.4 Å². The average molecular weight is 486 g/mol. The molecule has 0 spiro atoms. The number of fused-ring (bicyclic) bond motifs is 1. The van der Waals surface area contributed by atoms with Crippen LogP contribution in [0.1, 0.15) is 42.5 Å². The molecule has 7 nitrogen and oxygen atoms in total. The van der Waals surface area contributed by atoms with Gasteiger partial charge in [-0.3, -0.25) is 9.20 Å². The molecule has 2 aliphatic rings. The summed E-state index contributed by atoms with van der Waals surface area (Å²) in [5.41, 5.74) is 1.93. The Morgan fingerprint density at radius 3 is 2.69 bits per heavy atom. The second-order valence-electron chi connectivity index (χ2n) is 9.13. The van der Waals surface area contributed by atoms with Crippen LogP contribution in [0.3, 0.4) is 0 Å². The van der Waals surface area contributed by atoms with Crippen LogP contribution in [-0.2, 0) is 0 Å². The van der Waals surface area contributed by atoms with Gasteiger partial charge in [-0.1, -0.05) is 0 Å². The predicted molar refractivity (Wildman–Crippen MR) is 127 cm³/mol. The van der Waals surface area contributed by atoms with Gasteiger partial charge in [-0.2, -0.15) is 8.78 Å². The number of rotatable bonds is 12. The van der Waals surface area contributed by atoms with Crippen molar-refractivity contribution >= 4 is 11.4 Å². The van der Waals surface area contributed by atoms with Crippen molar-refractivity contribution < 1.29 is 27.8 Å². The maximum Gasteiger partial charge on any atom is 0.387 e. The molecule has 0 N–H and O–H groups in total. The molecule has 35 heavy (non-hydrogen) atoms. The summed E-state index contributed by atoms with van der Waals surface area (Å²) < 4.78 is 44.4. The number of hydrogen-bond donors (Lipinski definition) is 0. The van der Waals surface area contributed by atoms with E-state index in [1.165, 1.54) is 32.7 Å². The summed E-state index contributed by atoms with van der Waals surface area (Å²) in [6.45, 7) is 0.952. The number of carbonyl (C=O) groups excluding carboxylic acids is 1. The number of alkyl halides is 2. The molecule has 0 amide bonds. The normalized spacial score (nSPS) is 15.9. The Kier molecular flexibility index (Phi) is 6.86. The Hall–Kier alpha value is -3.20. The Balaban J connectivity index is 1.40. The highest BCUT2D eigenvalue weighted by atomic mass is 19.3. The van der Waals surface area contributed by atoms with Crippen LogP contribution in [0.5, 0.6) is 17.2 Å². The highest BCUT2D eigenvalue weighted by Gasteiger charge is 2.29. The zero-order valence-corrected chi connectivity index (χ0v) is 19.7. The molecule has 1 saturated heterocycles. The maximum absolute atomic E-state index is 13.2. The topological polar surface area (TPSA) is 65.3 Å². The smallest absolute Gasteiger partial charge is 0.387 e. The number of carbonyl (C=O) groups is 1. The van der Waals surface area contributed by atoms with Crippen LogP contribution in [0.4, 0.5) is 8.78 Å². The molecule has 3 heterocycles. The molecule has 1 aliphatic heterocycles. The van der Waals surface area contributed by atoms with Gasteiger partial charge in [0.15, 0.2) is 5.78 Å². The lowest BCUT2D eigenvalue weighted by Crippen LogP contribution is -2.38. The highest BCUT2D eigenvalue weighted by Crippen LogP contribution is 2.40. The minimum atomic E-state index is -3.06. The molecule has 3 aromatic rings. The van der Waals surface area contributed by atoms with E-state index in [2.05, 4.69) is 9.88 Å². The maximum atomic E-state index is 13.2. The number of hydrogen-bond acceptors (Lipinski definition) is 6. The first-order valence-electron chi connectivity index (χ1n) is 12.0. The van der Waals surface area contributed by atoms with Crippen molar-refractivity contribution in [1.82, 2.24) is 14.3 Å². The number of benzene rings is 1. The molecular formula is C26H29F2N3O4. The van der Waals surface area contributed by atoms with E-state index in [-0.39, 0.29) is 22.8 Å². The minimum Gasteiger partial charge on any atom is -0.496 e. The molecule has 0 radical (unpaired) electrons. The Labute approximate surface area is 202 Å². The Morgan fingerprint density at radius 1 is 1.20 bits per heavy atom. The number of likely N-dealkylation sites (tertiary alicyclic amines) is 1. The largest absolute Gasteiger partial charge is 0.496 e. The molecule has 1 saturated carbocycles. The summed E-state index contributed by atoms with van der Waals surface area (Å²) in [5, 5.41) is 0. The number of halogens is 2. The van der Waals surface area contributed by atoms with Gasteiger partial charge in [0.25, 0.3) is 0 Å². The fourth-order valence-electron chi connectivity index (χ4n) is 4.40. The number of methoxy groups -OCH3 is 1. The van der Waals surface area contributed by atoms with E-state index in [0.717, 1.165) is 31.6 Å². The second kappa shape index (κ2) is 10.2. The SMILES string of the molecule is COc1cc(-c2cnc3cc(OCCCN4CCC4)ccn23)cc(OC(F)F)c1C(=O)CC1CC1. The summed E-state index contributed by atoms with van der Waals surface area (Å²) in [6, 6.07) is 6.82. The summed E-state index contributed by atoms with van der Waals surface area (Å²) in [4.78, 5) is 19.7. The third-order valence-electron chi connectivity index (χ3n) is 6.57. The zero-order valence-electron chi connectivity index (χ0n) is 19.7. The van der Waals surface area contributed by atoms with Gasteiger partial charge in [-0.05, 0) is 62.9 Å². The second-order valence-corrected chi connectivity index (χ2v) is 9.13. The zero-order chi connectivity index (χ0) is 24.4. The first-order chi connectivity index (χ1) is 17.0. The first kappa shape index (κ1) is 23.5. The van der Waals surface area contributed by atoms with Crippen LogP contribution < -0.4 is 14.2 Å². The van der Waals surface area contributed by atoms with Gasteiger partial charge in [0, 0.05) is 30.8 Å². The number of ketones is 1. The fraction of sp³-hybridized carbons (Fsp3) is 0.462. The number of aromatic nitrogens is 2. The van der Waals surface area contributed by atoms with E-state index >= 15 is 0 Å². The molecule has 5 rings (SSSR count). The van der Waals surface area contributed by atoms with Crippen LogP contribution in [0.15, 0.2) is 36.7 Å². The molecule has 186 valence electrons. The molecule has 0 bridgehead atoms. The van der Waals surface area contributed by atoms with Gasteiger partial charge in [0.2, 0.25) is 0 Å². The average Bonchev–Trinajstić information content (AvgIpc) is 3.51. The quantitative estimate of drug-likeness (QED) is 0.264. The van der Waals surface area contributed by atoms with Crippen molar-refractivity contribution in [3.05, 3.63) is 42.2 Å². The third kappa shape index (κ3) is 5.40. The van der Waals surface area contributed by atoms with Gasteiger partial charge in [0.05, 0.1) is 25.6 Å². The lowest BCUT2D eigenvalue weighted by molar-refractivity contribution is -0.0502. The van der Waals surface area contributed by atoms with E-state index in [1.807, 2.05) is 22.7 Å². The van der Waals surface area contributed by atoms with Crippen molar-refractivity contribution in [2.24, 2.45) is 5.92 Å². The van der Waals surface area contributed by atoms with Crippen LogP contribution in [-0.4, -0.2) is 60.0 Å². The predicted octanol–water partition coefficient (Wildman–Crippen LogP) is 5.07. The van der Waals surface area contributed by atoms with Crippen LogP contribution in [0, 0.1) is 5.92 Å². The fourth-order valence-corrected chi connectivity index (χ4v) is 4.40. The van der Waals surface area contributed by atoms with E-state index in [1.54, 1.807) is 12.3 Å². The number of imidazole rings is 1. The van der Waals surface area contributed by atoms with Crippen molar-refractivity contribution in [1.29, 1.82) is 0 Å². The van der Waals surface area contributed by atoms with Crippen molar-refractivity contribution in [3.8, 4) is 28.5 Å². The summed E-state index contributed by atoms with van der Waals surface area (Å²) in [7, 11) is 1.42. The molecular weight excluding hydrogens is 456 g/mol. The Bertz CT molecular complexity index is 1200. The minimum absolute atomic E-state index is 0.0613. The number of pyridine rings is 1. The number of nitrogens with zero attached hydrogens (tertiary/aromatic N) is 3. The summed E-state index contributed by atoms with van der Waals surface area (Å²) in [6.07, 6.45) is 7.96. The molecule has 1 aromatic carbocycles. The van der Waals surface area contributed by atoms with Gasteiger partial charge >= 0.3 is 6.61 Å². The molecule has 0 unspecified atom stereocenters. The van der Waals surface area contributed by atoms with E-state index in [0.29, 0.717) is 35.9 Å². The van der Waals surface area contributed by atoms with Gasteiger partial charge in [-0.15, -0.1) is 0 Å². The molecule has 1 aliphatic carbocycles. The van der Waals surface area contributed by atoms with E-state index in [4.69, 9.17) is 14.2 Å². The van der Waals surface area contributed by atoms with Crippen LogP contribution in [0.25, 0.3) is 16.9 Å². The molecule has 2 aromatic heterocycles. The summed E-state index contributed by atoms with van der Waals surface area (Å²) >= 11 is 0. The van der Waals surface area contributed by atoms with Crippen molar-refractivity contribution in [2.45, 2.75) is 38.7 Å². The van der Waals surface area contributed by atoms with Crippen LogP contribution >= 0.6 is 0 Å². The third-order valence-corrected chi connectivity index (χ3v) is 6.57. The van der Waals surface area contributed by atoms with Gasteiger partial charge in [0.1, 0.15) is 28.5 Å². The van der Waals surface area contributed by atoms with Gasteiger partial charge in [-0.25, -0.2) is 4.98 Å². The molecule has 0 atom stereocenters. The lowest BCUT2D eigenvalue weighted by atomic mass is 10.00. The molecule has 2 fully saturated rings. The highest BCUT2D eigenvalue weighted by molar-refractivity contribution is 6.02. The van der Waals surface area contributed by atoms with E-state index < -0.39 is 6.61 Å². The summed E-state index contributed by atoms with van der Waals surface area (Å²) in [5.74, 6) is 0.800. The number of Topliss-reactive ketones (excluding diaryl/α,β-unsaturated/α-hetero) is 1. The standard InChI is InChI=1S/C26H29F2N3O4/c1-33-22-13-18(14-23(35-26(27)28)25(22)21(32)12-17-4-5-17)20-16-29-24-15-19(6-10-31(20)24)34-11-3-9-30-7-2-8-30/h6,10,13-17,26H,2-5,7-9,11-12H2,1H3. The van der Waals surface area contributed by atoms with Crippen LogP contribution in [0.2, 0.25) is 0 Å². The monoisotopic (exact) mass is 485 g/mol. The van der Waals surface area contributed by atoms with Crippen molar-refractivity contribution in [3.63, 3.8) is 0 Å². The number of ether oxygens (including phenoxy) is 3.